The van der Waals surface area contributed by atoms with E-state index < -0.39 is 6.10 Å². The minimum atomic E-state index is -0.498. The van der Waals surface area contributed by atoms with Gasteiger partial charge < -0.3 is 14.2 Å². The summed E-state index contributed by atoms with van der Waals surface area (Å²) in [5.41, 5.74) is 0. The van der Waals surface area contributed by atoms with Crippen molar-refractivity contribution in [2.75, 3.05) is 13.1 Å². The number of hydrogen-bond donors (Lipinski definition) is 0. The molecule has 1 aromatic heterocycles. The lowest BCUT2D eigenvalue weighted by molar-refractivity contribution is -0.139. The zero-order valence-electron chi connectivity index (χ0n) is 14.8. The molecule has 2 aromatic carbocycles. The van der Waals surface area contributed by atoms with Gasteiger partial charge in [-0.05, 0) is 42.7 Å². The summed E-state index contributed by atoms with van der Waals surface area (Å²) in [6.45, 7) is 3.28. The SMILES string of the molecule is CC(Oc1ccc2ccccc2c1)C(=O)N1CCC(n2cnnc2)CC1. The number of amides is 1. The lowest BCUT2D eigenvalue weighted by atomic mass is 10.0. The molecule has 0 radical (unpaired) electrons. The molecule has 1 amide bonds. The summed E-state index contributed by atoms with van der Waals surface area (Å²) in [7, 11) is 0. The van der Waals surface area contributed by atoms with Crippen LogP contribution in [0.5, 0.6) is 5.75 Å². The number of carbonyl (C=O) groups is 1. The predicted octanol–water partition coefficient (Wildman–Crippen LogP) is 3.06. The van der Waals surface area contributed by atoms with Crippen molar-refractivity contribution < 1.29 is 9.53 Å². The summed E-state index contributed by atoms with van der Waals surface area (Å²) in [6, 6.07) is 14.4. The maximum atomic E-state index is 12.7. The molecule has 134 valence electrons. The lowest BCUT2D eigenvalue weighted by Gasteiger charge is -2.33. The number of fused-ring (bicyclic) bond motifs is 1. The molecule has 0 N–H and O–H groups in total. The van der Waals surface area contributed by atoms with E-state index in [1.165, 1.54) is 0 Å². The number of ether oxygens (including phenoxy) is 1. The molecule has 26 heavy (non-hydrogen) atoms. The van der Waals surface area contributed by atoms with Crippen LogP contribution < -0.4 is 4.74 Å². The number of hydrogen-bond acceptors (Lipinski definition) is 4. The van der Waals surface area contributed by atoms with Gasteiger partial charge in [-0.1, -0.05) is 30.3 Å². The average molecular weight is 350 g/mol. The van der Waals surface area contributed by atoms with E-state index in [2.05, 4.69) is 16.3 Å². The van der Waals surface area contributed by atoms with Crippen LogP contribution in [0, 0.1) is 0 Å². The van der Waals surface area contributed by atoms with Gasteiger partial charge in [0.1, 0.15) is 18.4 Å². The molecule has 1 fully saturated rings. The number of rotatable bonds is 4. The normalized spacial score (nSPS) is 16.6. The van der Waals surface area contributed by atoms with Crippen molar-refractivity contribution in [3.8, 4) is 5.75 Å². The second-order valence-corrected chi connectivity index (χ2v) is 6.73. The Hall–Kier alpha value is -2.89. The van der Waals surface area contributed by atoms with Gasteiger partial charge in [0, 0.05) is 19.1 Å². The molecule has 1 saturated heterocycles. The number of piperidine rings is 1. The first-order chi connectivity index (χ1) is 12.7. The summed E-state index contributed by atoms with van der Waals surface area (Å²) in [5.74, 6) is 0.768. The fraction of sp³-hybridized carbons (Fsp3) is 0.350. The zero-order valence-corrected chi connectivity index (χ0v) is 14.8. The van der Waals surface area contributed by atoms with Crippen LogP contribution in [0.4, 0.5) is 0 Å². The van der Waals surface area contributed by atoms with Gasteiger partial charge in [0.15, 0.2) is 6.10 Å². The Balaban J connectivity index is 1.37. The van der Waals surface area contributed by atoms with Gasteiger partial charge in [-0.15, -0.1) is 10.2 Å². The Labute approximate surface area is 152 Å². The van der Waals surface area contributed by atoms with Gasteiger partial charge in [-0.2, -0.15) is 0 Å². The summed E-state index contributed by atoms with van der Waals surface area (Å²) in [6.07, 6.45) is 4.81. The molecule has 0 aliphatic carbocycles. The van der Waals surface area contributed by atoms with Gasteiger partial charge in [0.25, 0.3) is 5.91 Å². The third-order valence-electron chi connectivity index (χ3n) is 5.02. The maximum absolute atomic E-state index is 12.7. The van der Waals surface area contributed by atoms with Gasteiger partial charge in [0.2, 0.25) is 0 Å². The van der Waals surface area contributed by atoms with Crippen molar-refractivity contribution in [2.45, 2.75) is 31.9 Å². The summed E-state index contributed by atoms with van der Waals surface area (Å²) < 4.78 is 7.94. The van der Waals surface area contributed by atoms with Gasteiger partial charge in [-0.3, -0.25) is 4.79 Å². The van der Waals surface area contributed by atoms with Crippen molar-refractivity contribution in [1.29, 1.82) is 0 Å². The van der Waals surface area contributed by atoms with E-state index in [1.807, 2.05) is 52.8 Å². The Morgan fingerprint density at radius 3 is 2.50 bits per heavy atom. The smallest absolute Gasteiger partial charge is 0.263 e. The van der Waals surface area contributed by atoms with Gasteiger partial charge in [-0.25, -0.2) is 0 Å². The zero-order chi connectivity index (χ0) is 17.9. The standard InChI is InChI=1S/C20H22N4O2/c1-15(26-19-7-6-16-4-2-3-5-17(16)12-19)20(25)23-10-8-18(9-11-23)24-13-21-22-14-24/h2-7,12-15,18H,8-11H2,1H3. The quantitative estimate of drug-likeness (QED) is 0.726. The van der Waals surface area contributed by atoms with Crippen LogP contribution in [0.1, 0.15) is 25.8 Å². The monoisotopic (exact) mass is 350 g/mol. The van der Waals surface area contributed by atoms with Crippen molar-refractivity contribution in [1.82, 2.24) is 19.7 Å². The molecule has 1 atom stereocenters. The van der Waals surface area contributed by atoms with E-state index in [0.717, 1.165) is 42.5 Å². The highest BCUT2D eigenvalue weighted by Crippen LogP contribution is 2.24. The van der Waals surface area contributed by atoms with Gasteiger partial charge >= 0.3 is 0 Å². The first kappa shape index (κ1) is 16.6. The molecule has 0 spiro atoms. The topological polar surface area (TPSA) is 60.2 Å². The van der Waals surface area contributed by atoms with Crippen molar-refractivity contribution >= 4 is 16.7 Å². The number of carbonyl (C=O) groups excluding carboxylic acids is 1. The average Bonchev–Trinajstić information content (AvgIpc) is 3.22. The first-order valence-corrected chi connectivity index (χ1v) is 8.99. The molecule has 1 unspecified atom stereocenters. The second-order valence-electron chi connectivity index (χ2n) is 6.73. The second kappa shape index (κ2) is 7.15. The van der Waals surface area contributed by atoms with E-state index >= 15 is 0 Å². The van der Waals surface area contributed by atoms with E-state index in [9.17, 15) is 4.79 Å². The van der Waals surface area contributed by atoms with Crippen LogP contribution in [-0.4, -0.2) is 44.8 Å². The minimum absolute atomic E-state index is 0.0420. The molecule has 6 heteroatoms. The van der Waals surface area contributed by atoms with Gasteiger partial charge in [0.05, 0.1) is 0 Å². The summed E-state index contributed by atoms with van der Waals surface area (Å²) in [5, 5.41) is 9.99. The van der Waals surface area contributed by atoms with Crippen molar-refractivity contribution in [2.24, 2.45) is 0 Å². The molecule has 0 saturated carbocycles. The summed E-state index contributed by atoms with van der Waals surface area (Å²) >= 11 is 0. The van der Waals surface area contributed by atoms with E-state index in [4.69, 9.17) is 4.74 Å². The van der Waals surface area contributed by atoms with E-state index in [1.54, 1.807) is 12.7 Å². The lowest BCUT2D eigenvalue weighted by Crippen LogP contribution is -2.45. The highest BCUT2D eigenvalue weighted by atomic mass is 16.5. The molecule has 1 aliphatic heterocycles. The third-order valence-corrected chi connectivity index (χ3v) is 5.02. The van der Waals surface area contributed by atoms with Crippen molar-refractivity contribution in [3.63, 3.8) is 0 Å². The maximum Gasteiger partial charge on any atom is 0.263 e. The largest absolute Gasteiger partial charge is 0.481 e. The molecule has 0 bridgehead atoms. The van der Waals surface area contributed by atoms with Crippen molar-refractivity contribution in [3.05, 3.63) is 55.1 Å². The van der Waals surface area contributed by atoms with Crippen LogP contribution >= 0.6 is 0 Å². The van der Waals surface area contributed by atoms with Crippen LogP contribution in [0.3, 0.4) is 0 Å². The number of nitrogens with zero attached hydrogens (tertiary/aromatic N) is 4. The predicted molar refractivity (Wildman–Crippen MR) is 98.9 cm³/mol. The van der Waals surface area contributed by atoms with Crippen LogP contribution in [-0.2, 0) is 4.79 Å². The molecule has 3 aromatic rings. The molecule has 2 heterocycles. The molecular weight excluding hydrogens is 328 g/mol. The Morgan fingerprint density at radius 1 is 1.08 bits per heavy atom. The Morgan fingerprint density at radius 2 is 1.77 bits per heavy atom. The summed E-state index contributed by atoms with van der Waals surface area (Å²) in [4.78, 5) is 14.6. The minimum Gasteiger partial charge on any atom is -0.481 e. The Kier molecular flexibility index (Phi) is 4.56. The fourth-order valence-corrected chi connectivity index (χ4v) is 3.53. The van der Waals surface area contributed by atoms with Crippen LogP contribution in [0.15, 0.2) is 55.1 Å². The van der Waals surface area contributed by atoms with Crippen LogP contribution in [0.25, 0.3) is 10.8 Å². The molecule has 6 nitrogen and oxygen atoms in total. The molecular formula is C20H22N4O2. The highest BCUT2D eigenvalue weighted by molar-refractivity contribution is 5.84. The number of aromatic nitrogens is 3. The Bertz CT molecular complexity index is 886. The molecule has 4 rings (SSSR count). The van der Waals surface area contributed by atoms with Crippen LogP contribution in [0.2, 0.25) is 0 Å². The highest BCUT2D eigenvalue weighted by Gasteiger charge is 2.27. The molecule has 1 aliphatic rings. The number of likely N-dealkylation sites (tertiary alicyclic amines) is 1. The number of benzene rings is 2. The first-order valence-electron chi connectivity index (χ1n) is 8.99. The fourth-order valence-electron chi connectivity index (χ4n) is 3.53. The third kappa shape index (κ3) is 3.40. The van der Waals surface area contributed by atoms with E-state index in [0.29, 0.717) is 6.04 Å². The van der Waals surface area contributed by atoms with E-state index in [-0.39, 0.29) is 5.91 Å².